The second kappa shape index (κ2) is 9.89. The second-order valence-corrected chi connectivity index (χ2v) is 13.0. The van der Waals surface area contributed by atoms with Crippen LogP contribution in [0, 0.1) is 29.1 Å². The number of carbonyl (C=O) groups excluding carboxylic acids is 3. The van der Waals surface area contributed by atoms with Gasteiger partial charge in [0.05, 0.1) is 29.3 Å². The van der Waals surface area contributed by atoms with Crippen LogP contribution in [0.2, 0.25) is 0 Å². The average Bonchev–Trinajstić information content (AvgIpc) is 3.35. The molecule has 2 aromatic carbocycles. The van der Waals surface area contributed by atoms with Crippen LogP contribution in [0.4, 0.5) is 5.69 Å². The number of carbonyl (C=O) groups is 3. The third kappa shape index (κ3) is 4.23. The number of hydrogen-bond acceptors (Lipinski definition) is 7. The minimum atomic E-state index is -0.245. The predicted molar refractivity (Wildman–Crippen MR) is 159 cm³/mol. The van der Waals surface area contributed by atoms with E-state index in [1.807, 2.05) is 42.5 Å². The van der Waals surface area contributed by atoms with Gasteiger partial charge in [0.1, 0.15) is 0 Å². The third-order valence-electron chi connectivity index (χ3n) is 10.6. The molecule has 3 aliphatic carbocycles. The highest BCUT2D eigenvalue weighted by Gasteiger charge is 2.63. The Kier molecular flexibility index (Phi) is 6.07. The number of fused-ring (bicyclic) bond motifs is 1. The number of allylic oxidation sites excluding steroid dienone is 2. The first kappa shape index (κ1) is 26.4. The van der Waals surface area contributed by atoms with Crippen molar-refractivity contribution in [3.63, 3.8) is 0 Å². The van der Waals surface area contributed by atoms with Gasteiger partial charge in [-0.2, -0.15) is 0 Å². The van der Waals surface area contributed by atoms with Crippen LogP contribution >= 0.6 is 0 Å². The van der Waals surface area contributed by atoms with Gasteiger partial charge in [-0.05, 0) is 79.5 Å². The zero-order valence-electron chi connectivity index (χ0n) is 24.3. The van der Waals surface area contributed by atoms with Gasteiger partial charge in [0, 0.05) is 32.2 Å². The molecule has 1 aromatic heterocycles. The number of aromatic nitrogens is 2. The van der Waals surface area contributed by atoms with Gasteiger partial charge in [-0.3, -0.25) is 19.3 Å². The molecule has 0 N–H and O–H groups in total. The van der Waals surface area contributed by atoms with Crippen molar-refractivity contribution in [2.75, 3.05) is 31.6 Å². The Labute approximate surface area is 250 Å². The van der Waals surface area contributed by atoms with Crippen molar-refractivity contribution in [1.82, 2.24) is 20.0 Å². The van der Waals surface area contributed by atoms with Crippen LogP contribution < -0.4 is 4.90 Å². The number of benzene rings is 2. The Hall–Kier alpha value is -4.27. The first-order chi connectivity index (χ1) is 20.9. The minimum Gasteiger partial charge on any atom is -0.419 e. The van der Waals surface area contributed by atoms with Gasteiger partial charge < -0.3 is 14.2 Å². The van der Waals surface area contributed by atoms with Crippen molar-refractivity contribution >= 4 is 23.4 Å². The van der Waals surface area contributed by atoms with Crippen molar-refractivity contribution in [2.45, 2.75) is 38.6 Å². The lowest BCUT2D eigenvalue weighted by molar-refractivity contribution is -0.135. The highest BCUT2D eigenvalue weighted by molar-refractivity contribution is 6.23. The summed E-state index contributed by atoms with van der Waals surface area (Å²) in [5, 5.41) is 8.29. The van der Waals surface area contributed by atoms with E-state index in [1.165, 1.54) is 17.7 Å². The van der Waals surface area contributed by atoms with E-state index in [1.54, 1.807) is 18.0 Å². The maximum atomic E-state index is 13.8. The molecule has 3 heterocycles. The molecule has 9 heteroatoms. The number of piperidine rings is 1. The Bertz CT molecular complexity index is 1640. The molecular formula is C34H35N5O4. The molecule has 3 aromatic rings. The van der Waals surface area contributed by atoms with Crippen molar-refractivity contribution in [2.24, 2.45) is 29.1 Å². The molecule has 4 atom stereocenters. The molecule has 3 fully saturated rings. The van der Waals surface area contributed by atoms with Crippen LogP contribution in [0.15, 0.2) is 65.1 Å². The second-order valence-electron chi connectivity index (χ2n) is 13.0. The number of rotatable bonds is 7. The van der Waals surface area contributed by atoms with Gasteiger partial charge in [0.15, 0.2) is 0 Å². The number of hydrogen-bond donors (Lipinski definition) is 0. The van der Waals surface area contributed by atoms with E-state index in [9.17, 15) is 14.4 Å². The molecule has 0 radical (unpaired) electrons. The average molecular weight is 578 g/mol. The highest BCUT2D eigenvalue weighted by atomic mass is 16.4. The van der Waals surface area contributed by atoms with Crippen molar-refractivity contribution in [3.8, 4) is 11.5 Å². The predicted octanol–water partition coefficient (Wildman–Crippen LogP) is 4.81. The summed E-state index contributed by atoms with van der Waals surface area (Å²) in [5.41, 5.74) is 2.99. The summed E-state index contributed by atoms with van der Waals surface area (Å²) in [6, 6.07) is 15.1. The summed E-state index contributed by atoms with van der Waals surface area (Å²) in [6.07, 6.45) is 9.89. The Morgan fingerprint density at radius 1 is 1.05 bits per heavy atom. The van der Waals surface area contributed by atoms with Crippen molar-refractivity contribution < 1.29 is 18.8 Å². The first-order valence-corrected chi connectivity index (χ1v) is 15.5. The van der Waals surface area contributed by atoms with E-state index in [0.717, 1.165) is 37.1 Å². The molecule has 9 nitrogen and oxygen atoms in total. The van der Waals surface area contributed by atoms with Gasteiger partial charge in [0.2, 0.25) is 17.7 Å². The summed E-state index contributed by atoms with van der Waals surface area (Å²) in [5.74, 6) is 1.63. The van der Waals surface area contributed by atoms with Crippen LogP contribution in [0.1, 0.15) is 58.7 Å². The monoisotopic (exact) mass is 577 g/mol. The third-order valence-corrected chi connectivity index (χ3v) is 10.6. The number of anilines is 1. The molecule has 3 amide bonds. The molecule has 1 spiro atoms. The molecule has 1 saturated heterocycles. The molecule has 2 aliphatic heterocycles. The van der Waals surface area contributed by atoms with Crippen molar-refractivity contribution in [1.29, 1.82) is 0 Å². The number of nitrogens with zero attached hydrogens (tertiary/aromatic N) is 5. The standard InChI is InChI=1S/C34H35N5O4/c1-37(20-28-35-36-30(43-28)21-7-3-2-4-8-21)31(40)22-9-6-16-38(18-22)27-11-5-10-25-29(27)33(42)39(32(25)41)19-23-17-24-12-13-26(23)34(24)14-15-34/h2-5,7-8,10-13,22-24,26H,6,9,14-20H2,1H3. The van der Waals surface area contributed by atoms with E-state index >= 15 is 0 Å². The van der Waals surface area contributed by atoms with Gasteiger partial charge in [-0.15, -0.1) is 10.2 Å². The smallest absolute Gasteiger partial charge is 0.263 e. The lowest BCUT2D eigenvalue weighted by atomic mass is 9.88. The summed E-state index contributed by atoms with van der Waals surface area (Å²) >= 11 is 0. The Balaban J connectivity index is 0.957. The van der Waals surface area contributed by atoms with Crippen molar-refractivity contribution in [3.05, 3.63) is 77.7 Å². The fourth-order valence-electron chi connectivity index (χ4n) is 8.32. The van der Waals surface area contributed by atoms with Gasteiger partial charge in [0.25, 0.3) is 11.8 Å². The Morgan fingerprint density at radius 3 is 2.67 bits per heavy atom. The van der Waals surface area contributed by atoms with Crippen LogP contribution in [0.5, 0.6) is 0 Å². The lowest BCUT2D eigenvalue weighted by Crippen LogP contribution is -2.44. The minimum absolute atomic E-state index is 0.000821. The summed E-state index contributed by atoms with van der Waals surface area (Å²) in [6.45, 7) is 1.93. The summed E-state index contributed by atoms with van der Waals surface area (Å²) < 4.78 is 5.82. The van der Waals surface area contributed by atoms with E-state index in [0.29, 0.717) is 59.2 Å². The van der Waals surface area contributed by atoms with Crippen LogP contribution in [-0.4, -0.2) is 64.4 Å². The van der Waals surface area contributed by atoms with E-state index in [2.05, 4.69) is 27.2 Å². The van der Waals surface area contributed by atoms with Crippen LogP contribution in [0.3, 0.4) is 0 Å². The van der Waals surface area contributed by atoms with E-state index in [4.69, 9.17) is 4.42 Å². The molecule has 2 bridgehead atoms. The highest BCUT2D eigenvalue weighted by Crippen LogP contribution is 2.70. The molecule has 5 aliphatic rings. The summed E-state index contributed by atoms with van der Waals surface area (Å²) in [4.78, 5) is 46.2. The fraction of sp³-hybridized carbons (Fsp3) is 0.441. The zero-order valence-corrected chi connectivity index (χ0v) is 24.3. The van der Waals surface area contributed by atoms with Crippen LogP contribution in [0.25, 0.3) is 11.5 Å². The largest absolute Gasteiger partial charge is 0.419 e. The number of amides is 3. The van der Waals surface area contributed by atoms with E-state index < -0.39 is 0 Å². The molecular weight excluding hydrogens is 542 g/mol. The molecule has 43 heavy (non-hydrogen) atoms. The fourth-order valence-corrected chi connectivity index (χ4v) is 8.32. The normalized spacial score (nSPS) is 26.4. The Morgan fingerprint density at radius 2 is 1.88 bits per heavy atom. The molecule has 4 unspecified atom stereocenters. The van der Waals surface area contributed by atoms with Gasteiger partial charge >= 0.3 is 0 Å². The summed E-state index contributed by atoms with van der Waals surface area (Å²) in [7, 11) is 1.75. The van der Waals surface area contributed by atoms with E-state index in [-0.39, 0.29) is 30.2 Å². The first-order valence-electron chi connectivity index (χ1n) is 15.5. The maximum Gasteiger partial charge on any atom is 0.263 e. The van der Waals surface area contributed by atoms with Gasteiger partial charge in [-0.1, -0.05) is 36.4 Å². The lowest BCUT2D eigenvalue weighted by Gasteiger charge is -2.36. The maximum absolute atomic E-state index is 13.8. The van der Waals surface area contributed by atoms with Crippen LogP contribution in [-0.2, 0) is 11.3 Å². The topological polar surface area (TPSA) is 99.8 Å². The number of imide groups is 1. The molecule has 8 rings (SSSR count). The molecule has 220 valence electrons. The quantitative estimate of drug-likeness (QED) is 0.294. The molecule has 2 saturated carbocycles. The van der Waals surface area contributed by atoms with Gasteiger partial charge in [-0.25, -0.2) is 0 Å². The SMILES string of the molecule is CN(Cc1nnc(-c2ccccc2)o1)C(=O)C1CCCN(c2cccc3c2C(=O)N(CC2CC4C=CC2C42CC2)C3=O)C1. The zero-order chi connectivity index (χ0) is 29.3.